The Bertz CT molecular complexity index is 647. The van der Waals surface area contributed by atoms with Crippen molar-refractivity contribution in [1.82, 2.24) is 19.4 Å². The van der Waals surface area contributed by atoms with Crippen LogP contribution in [0.1, 0.15) is 31.0 Å². The Hall–Kier alpha value is -1.07. The van der Waals surface area contributed by atoms with E-state index in [1.165, 1.54) is 49.7 Å². The minimum absolute atomic E-state index is 0.604. The van der Waals surface area contributed by atoms with Crippen molar-refractivity contribution >= 4 is 22.9 Å². The van der Waals surface area contributed by atoms with Crippen LogP contribution in [-0.2, 0) is 6.54 Å². The molecule has 0 saturated carbocycles. The minimum atomic E-state index is 0.604. The highest BCUT2D eigenvalue weighted by Gasteiger charge is 2.26. The molecule has 4 heterocycles. The molecule has 2 atom stereocenters. The van der Waals surface area contributed by atoms with Gasteiger partial charge < -0.3 is 9.47 Å². The largest absolute Gasteiger partial charge is 0.312 e. The van der Waals surface area contributed by atoms with Crippen LogP contribution in [0, 0.1) is 5.92 Å². The Morgan fingerprint density at radius 3 is 3.09 bits per heavy atom. The van der Waals surface area contributed by atoms with Crippen LogP contribution in [-0.4, -0.2) is 51.1 Å². The number of hydrogen-bond acceptors (Lipinski definition) is 4. The summed E-state index contributed by atoms with van der Waals surface area (Å²) in [5.74, 6) is 5.15. The molecule has 2 saturated heterocycles. The van der Waals surface area contributed by atoms with Crippen molar-refractivity contribution in [3.63, 3.8) is 0 Å². The number of nitrogens with zero attached hydrogens (tertiary/aromatic N) is 4. The van der Waals surface area contributed by atoms with E-state index in [9.17, 15) is 0 Å². The van der Waals surface area contributed by atoms with Gasteiger partial charge in [0.2, 0.25) is 0 Å². The molecule has 2 aliphatic rings. The SMILES string of the molecule is CN1CCC(Cn2c(C3CCCSC3)nc3cccnc32)C1. The van der Waals surface area contributed by atoms with Crippen molar-refractivity contribution in [2.75, 3.05) is 31.6 Å². The first kappa shape index (κ1) is 14.5. The van der Waals surface area contributed by atoms with Gasteiger partial charge >= 0.3 is 0 Å². The third kappa shape index (κ3) is 2.76. The van der Waals surface area contributed by atoms with Gasteiger partial charge in [-0.2, -0.15) is 11.8 Å². The van der Waals surface area contributed by atoms with Gasteiger partial charge in [-0.1, -0.05) is 0 Å². The Balaban J connectivity index is 1.69. The molecule has 0 amide bonds. The molecule has 5 heteroatoms. The summed E-state index contributed by atoms with van der Waals surface area (Å²) in [4.78, 5) is 12.0. The van der Waals surface area contributed by atoms with E-state index in [4.69, 9.17) is 4.98 Å². The fourth-order valence-corrected chi connectivity index (χ4v) is 4.98. The van der Waals surface area contributed by atoms with E-state index in [1.54, 1.807) is 0 Å². The summed E-state index contributed by atoms with van der Waals surface area (Å²) in [5.41, 5.74) is 2.15. The minimum Gasteiger partial charge on any atom is -0.312 e. The molecule has 0 spiro atoms. The highest BCUT2D eigenvalue weighted by Crippen LogP contribution is 2.33. The fraction of sp³-hybridized carbons (Fsp3) is 0.647. The van der Waals surface area contributed by atoms with Crippen molar-refractivity contribution in [3.05, 3.63) is 24.2 Å². The van der Waals surface area contributed by atoms with Crippen LogP contribution < -0.4 is 0 Å². The number of thioether (sulfide) groups is 1. The first-order valence-corrected chi connectivity index (χ1v) is 9.54. The summed E-state index contributed by atoms with van der Waals surface area (Å²) < 4.78 is 2.44. The summed E-state index contributed by atoms with van der Waals surface area (Å²) in [6.45, 7) is 3.50. The number of pyridine rings is 1. The molecule has 0 radical (unpaired) electrons. The van der Waals surface area contributed by atoms with Crippen LogP contribution in [0.3, 0.4) is 0 Å². The van der Waals surface area contributed by atoms with Gasteiger partial charge in [-0.05, 0) is 56.7 Å². The van der Waals surface area contributed by atoms with E-state index in [1.807, 2.05) is 12.3 Å². The number of likely N-dealkylation sites (tertiary alicyclic amines) is 1. The molecule has 118 valence electrons. The van der Waals surface area contributed by atoms with E-state index < -0.39 is 0 Å². The Morgan fingerprint density at radius 2 is 2.32 bits per heavy atom. The summed E-state index contributed by atoms with van der Waals surface area (Å²) >= 11 is 2.08. The van der Waals surface area contributed by atoms with Crippen LogP contribution in [0.25, 0.3) is 11.2 Å². The molecule has 0 bridgehead atoms. The van der Waals surface area contributed by atoms with Gasteiger partial charge in [-0.3, -0.25) is 0 Å². The van der Waals surface area contributed by atoms with E-state index >= 15 is 0 Å². The molecular weight excluding hydrogens is 292 g/mol. The van der Waals surface area contributed by atoms with Crippen molar-refractivity contribution in [2.24, 2.45) is 5.92 Å². The van der Waals surface area contributed by atoms with Crippen molar-refractivity contribution in [3.8, 4) is 0 Å². The summed E-state index contributed by atoms with van der Waals surface area (Å²) in [6, 6.07) is 4.11. The van der Waals surface area contributed by atoms with E-state index in [0.717, 1.165) is 23.6 Å². The van der Waals surface area contributed by atoms with Gasteiger partial charge in [0.25, 0.3) is 0 Å². The fourth-order valence-electron chi connectivity index (χ4n) is 3.85. The van der Waals surface area contributed by atoms with E-state index in [0.29, 0.717) is 5.92 Å². The first-order chi connectivity index (χ1) is 10.8. The number of rotatable bonds is 3. The molecular formula is C17H24N4S. The summed E-state index contributed by atoms with van der Waals surface area (Å²) in [6.07, 6.45) is 5.79. The van der Waals surface area contributed by atoms with Crippen LogP contribution in [0.5, 0.6) is 0 Å². The standard InChI is InChI=1S/C17H24N4S/c1-20-8-6-13(10-20)11-21-16(14-4-3-9-22-12-14)19-15-5-2-7-18-17(15)21/h2,5,7,13-14H,3-4,6,8-12H2,1H3. The zero-order valence-electron chi connectivity index (χ0n) is 13.2. The number of hydrogen-bond donors (Lipinski definition) is 0. The van der Waals surface area contributed by atoms with Crippen LogP contribution in [0.2, 0.25) is 0 Å². The normalized spacial score (nSPS) is 26.8. The lowest BCUT2D eigenvalue weighted by molar-refractivity contribution is 0.375. The highest BCUT2D eigenvalue weighted by atomic mass is 32.2. The molecule has 4 rings (SSSR count). The maximum absolute atomic E-state index is 4.97. The van der Waals surface area contributed by atoms with Crippen molar-refractivity contribution in [1.29, 1.82) is 0 Å². The second-order valence-corrected chi connectivity index (χ2v) is 7.91. The Morgan fingerprint density at radius 1 is 1.36 bits per heavy atom. The molecule has 0 aromatic carbocycles. The lowest BCUT2D eigenvalue weighted by atomic mass is 10.0. The molecule has 4 nitrogen and oxygen atoms in total. The van der Waals surface area contributed by atoms with Gasteiger partial charge in [-0.15, -0.1) is 0 Å². The van der Waals surface area contributed by atoms with Gasteiger partial charge in [0.05, 0.1) is 0 Å². The van der Waals surface area contributed by atoms with Crippen molar-refractivity contribution < 1.29 is 0 Å². The maximum Gasteiger partial charge on any atom is 0.160 e. The molecule has 2 aliphatic heterocycles. The molecule has 0 N–H and O–H groups in total. The third-order valence-electron chi connectivity index (χ3n) is 4.99. The van der Waals surface area contributed by atoms with Crippen LogP contribution in [0.15, 0.2) is 18.3 Å². The van der Waals surface area contributed by atoms with Gasteiger partial charge in [-0.25, -0.2) is 9.97 Å². The smallest absolute Gasteiger partial charge is 0.160 e. The topological polar surface area (TPSA) is 34.0 Å². The molecule has 2 aromatic rings. The Kier molecular flexibility index (Phi) is 4.09. The van der Waals surface area contributed by atoms with Gasteiger partial charge in [0, 0.05) is 31.0 Å². The quantitative estimate of drug-likeness (QED) is 0.872. The zero-order valence-corrected chi connectivity index (χ0v) is 14.1. The first-order valence-electron chi connectivity index (χ1n) is 8.38. The van der Waals surface area contributed by atoms with Crippen LogP contribution >= 0.6 is 11.8 Å². The van der Waals surface area contributed by atoms with E-state index in [-0.39, 0.29) is 0 Å². The lowest BCUT2D eigenvalue weighted by Crippen LogP contribution is -2.20. The zero-order chi connectivity index (χ0) is 14.9. The Labute approximate surface area is 136 Å². The third-order valence-corrected chi connectivity index (χ3v) is 6.20. The monoisotopic (exact) mass is 316 g/mol. The molecule has 2 aromatic heterocycles. The van der Waals surface area contributed by atoms with Crippen LogP contribution in [0.4, 0.5) is 0 Å². The molecule has 2 unspecified atom stereocenters. The average molecular weight is 316 g/mol. The summed E-state index contributed by atoms with van der Waals surface area (Å²) in [7, 11) is 2.23. The number of aromatic nitrogens is 3. The number of fused-ring (bicyclic) bond motifs is 1. The molecule has 2 fully saturated rings. The van der Waals surface area contributed by atoms with Gasteiger partial charge in [0.1, 0.15) is 11.3 Å². The van der Waals surface area contributed by atoms with Crippen molar-refractivity contribution in [2.45, 2.75) is 31.7 Å². The maximum atomic E-state index is 4.97. The average Bonchev–Trinajstić information content (AvgIpc) is 3.13. The van der Waals surface area contributed by atoms with E-state index in [2.05, 4.69) is 39.3 Å². The number of imidazole rings is 1. The molecule has 0 aliphatic carbocycles. The highest BCUT2D eigenvalue weighted by molar-refractivity contribution is 7.99. The predicted octanol–water partition coefficient (Wildman–Crippen LogP) is 2.99. The lowest BCUT2D eigenvalue weighted by Gasteiger charge is -2.23. The predicted molar refractivity (Wildman–Crippen MR) is 92.4 cm³/mol. The second kappa shape index (κ2) is 6.20. The second-order valence-electron chi connectivity index (χ2n) is 6.76. The molecule has 22 heavy (non-hydrogen) atoms. The van der Waals surface area contributed by atoms with Gasteiger partial charge in [0.15, 0.2) is 5.65 Å². The summed E-state index contributed by atoms with van der Waals surface area (Å²) in [5, 5.41) is 0.